The first kappa shape index (κ1) is 13.7. The van der Waals surface area contributed by atoms with Crippen molar-refractivity contribution in [1.29, 1.82) is 0 Å². The molecule has 1 saturated heterocycles. The molecule has 0 spiro atoms. The molecule has 1 aliphatic rings. The smallest absolute Gasteiger partial charge is 0.246 e. The number of nitrogens with one attached hydrogen (secondary N) is 1. The van der Waals surface area contributed by atoms with Crippen LogP contribution >= 0.6 is 12.4 Å². The zero-order chi connectivity index (χ0) is 11.2. The number of carbonyl (C=O) groups is 1. The van der Waals surface area contributed by atoms with Crippen LogP contribution in [0.25, 0.3) is 6.08 Å². The largest absolute Gasteiger partial charge is 0.337 e. The Labute approximate surface area is 108 Å². The Hall–Kier alpha value is -1.32. The lowest BCUT2D eigenvalue weighted by Gasteiger charge is -2.26. The van der Waals surface area contributed by atoms with E-state index in [0.717, 1.165) is 31.7 Å². The van der Waals surface area contributed by atoms with E-state index in [2.05, 4.69) is 5.32 Å². The summed E-state index contributed by atoms with van der Waals surface area (Å²) in [5.41, 5.74) is 1.06. The van der Waals surface area contributed by atoms with E-state index in [9.17, 15) is 4.79 Å². The van der Waals surface area contributed by atoms with Gasteiger partial charge in [-0.05, 0) is 11.6 Å². The van der Waals surface area contributed by atoms with Crippen molar-refractivity contribution in [3.8, 4) is 0 Å². The monoisotopic (exact) mass is 252 g/mol. The van der Waals surface area contributed by atoms with Crippen molar-refractivity contribution in [2.45, 2.75) is 0 Å². The molecular weight excluding hydrogens is 236 g/mol. The summed E-state index contributed by atoms with van der Waals surface area (Å²) < 4.78 is 0. The molecule has 1 aliphatic heterocycles. The van der Waals surface area contributed by atoms with E-state index in [-0.39, 0.29) is 18.3 Å². The van der Waals surface area contributed by atoms with Gasteiger partial charge in [-0.1, -0.05) is 30.3 Å². The maximum absolute atomic E-state index is 11.8. The lowest BCUT2D eigenvalue weighted by atomic mass is 10.2. The van der Waals surface area contributed by atoms with Gasteiger partial charge in [-0.15, -0.1) is 12.4 Å². The fourth-order valence-corrected chi connectivity index (χ4v) is 1.72. The molecule has 1 aromatic rings. The van der Waals surface area contributed by atoms with Crippen molar-refractivity contribution in [1.82, 2.24) is 10.2 Å². The summed E-state index contributed by atoms with van der Waals surface area (Å²) in [5, 5.41) is 3.23. The first-order chi connectivity index (χ1) is 7.86. The normalized spacial score (nSPS) is 15.6. The summed E-state index contributed by atoms with van der Waals surface area (Å²) in [5.74, 6) is 0.102. The highest BCUT2D eigenvalue weighted by molar-refractivity contribution is 5.91. The minimum absolute atomic E-state index is 0. The molecule has 17 heavy (non-hydrogen) atoms. The lowest BCUT2D eigenvalue weighted by Crippen LogP contribution is -2.45. The highest BCUT2D eigenvalue weighted by Crippen LogP contribution is 2.02. The molecule has 0 aliphatic carbocycles. The van der Waals surface area contributed by atoms with E-state index in [1.165, 1.54) is 0 Å². The third-order valence-electron chi connectivity index (χ3n) is 2.65. The van der Waals surface area contributed by atoms with Gasteiger partial charge >= 0.3 is 0 Å². The van der Waals surface area contributed by atoms with Gasteiger partial charge in [-0.25, -0.2) is 0 Å². The third kappa shape index (κ3) is 4.21. The van der Waals surface area contributed by atoms with Crippen LogP contribution in [0.2, 0.25) is 0 Å². The van der Waals surface area contributed by atoms with Gasteiger partial charge < -0.3 is 10.2 Å². The van der Waals surface area contributed by atoms with Crippen LogP contribution in [-0.4, -0.2) is 37.0 Å². The Kier molecular flexibility index (Phi) is 5.73. The highest BCUT2D eigenvalue weighted by atomic mass is 35.5. The third-order valence-corrected chi connectivity index (χ3v) is 2.65. The Bertz CT molecular complexity index is 372. The van der Waals surface area contributed by atoms with E-state index in [1.807, 2.05) is 41.3 Å². The minimum Gasteiger partial charge on any atom is -0.337 e. The van der Waals surface area contributed by atoms with E-state index in [1.54, 1.807) is 6.08 Å². The van der Waals surface area contributed by atoms with Gasteiger partial charge in [0.2, 0.25) is 5.91 Å². The summed E-state index contributed by atoms with van der Waals surface area (Å²) in [4.78, 5) is 13.7. The number of hydrogen-bond acceptors (Lipinski definition) is 2. The molecule has 92 valence electrons. The number of benzene rings is 1. The average molecular weight is 253 g/mol. The van der Waals surface area contributed by atoms with E-state index in [0.29, 0.717) is 0 Å². The van der Waals surface area contributed by atoms with Crippen LogP contribution in [0.1, 0.15) is 5.56 Å². The first-order valence-electron chi connectivity index (χ1n) is 5.59. The summed E-state index contributed by atoms with van der Waals surface area (Å²) >= 11 is 0. The summed E-state index contributed by atoms with van der Waals surface area (Å²) in [6, 6.07) is 9.88. The molecule has 0 saturated carbocycles. The lowest BCUT2D eigenvalue weighted by molar-refractivity contribution is -0.126. The standard InChI is InChI=1S/C13H16N2O.ClH/c16-13(15-10-8-14-9-11-15)7-6-12-4-2-1-3-5-12;/h1-7,14H,8-11H2;1H/b7-6+;. The number of piperazine rings is 1. The number of amides is 1. The molecular formula is C13H17ClN2O. The van der Waals surface area contributed by atoms with E-state index >= 15 is 0 Å². The molecule has 2 rings (SSSR count). The molecule has 0 atom stereocenters. The van der Waals surface area contributed by atoms with Gasteiger partial charge in [-0.2, -0.15) is 0 Å². The fourth-order valence-electron chi connectivity index (χ4n) is 1.72. The Morgan fingerprint density at radius 2 is 1.82 bits per heavy atom. The van der Waals surface area contributed by atoms with Crippen LogP contribution in [0.3, 0.4) is 0 Å². The highest BCUT2D eigenvalue weighted by Gasteiger charge is 2.12. The maximum Gasteiger partial charge on any atom is 0.246 e. The zero-order valence-corrected chi connectivity index (χ0v) is 10.5. The van der Waals surface area contributed by atoms with Gasteiger partial charge in [0.15, 0.2) is 0 Å². The molecule has 0 bridgehead atoms. The second kappa shape index (κ2) is 7.09. The van der Waals surface area contributed by atoms with E-state index < -0.39 is 0 Å². The molecule has 1 aromatic carbocycles. The molecule has 1 N–H and O–H groups in total. The molecule has 1 amide bonds. The van der Waals surface area contributed by atoms with Crippen LogP contribution in [-0.2, 0) is 4.79 Å². The molecule has 1 fully saturated rings. The summed E-state index contributed by atoms with van der Waals surface area (Å²) in [6.07, 6.45) is 3.52. The van der Waals surface area contributed by atoms with Crippen LogP contribution in [0.5, 0.6) is 0 Å². The number of rotatable bonds is 2. The Morgan fingerprint density at radius 1 is 1.18 bits per heavy atom. The SMILES string of the molecule is Cl.O=C(/C=C/c1ccccc1)N1CCNCC1. The molecule has 1 heterocycles. The second-order valence-electron chi connectivity index (χ2n) is 3.82. The van der Waals surface area contributed by atoms with Gasteiger partial charge in [-0.3, -0.25) is 4.79 Å². The van der Waals surface area contributed by atoms with Crippen molar-refractivity contribution in [2.75, 3.05) is 26.2 Å². The topological polar surface area (TPSA) is 32.3 Å². The van der Waals surface area contributed by atoms with Crippen LogP contribution in [0.15, 0.2) is 36.4 Å². The maximum atomic E-state index is 11.8. The van der Waals surface area contributed by atoms with Crippen molar-refractivity contribution < 1.29 is 4.79 Å². The molecule has 0 radical (unpaired) electrons. The van der Waals surface area contributed by atoms with Gasteiger partial charge in [0.25, 0.3) is 0 Å². The van der Waals surface area contributed by atoms with Gasteiger partial charge in [0, 0.05) is 32.3 Å². The predicted molar refractivity (Wildman–Crippen MR) is 72.2 cm³/mol. The quantitative estimate of drug-likeness (QED) is 0.811. The zero-order valence-electron chi connectivity index (χ0n) is 9.63. The van der Waals surface area contributed by atoms with Crippen LogP contribution in [0, 0.1) is 0 Å². The average Bonchev–Trinajstić information content (AvgIpc) is 2.38. The van der Waals surface area contributed by atoms with Crippen LogP contribution < -0.4 is 5.32 Å². The summed E-state index contributed by atoms with van der Waals surface area (Å²) in [6.45, 7) is 3.39. The van der Waals surface area contributed by atoms with E-state index in [4.69, 9.17) is 0 Å². The van der Waals surface area contributed by atoms with Crippen molar-refractivity contribution in [3.63, 3.8) is 0 Å². The number of nitrogens with zero attached hydrogens (tertiary/aromatic N) is 1. The number of halogens is 1. The number of carbonyl (C=O) groups excluding carboxylic acids is 1. The van der Waals surface area contributed by atoms with Crippen molar-refractivity contribution >= 4 is 24.4 Å². The Morgan fingerprint density at radius 3 is 2.47 bits per heavy atom. The molecule has 3 nitrogen and oxygen atoms in total. The molecule has 0 unspecified atom stereocenters. The van der Waals surface area contributed by atoms with Gasteiger partial charge in [0.1, 0.15) is 0 Å². The predicted octanol–water partition coefficient (Wildman–Crippen LogP) is 1.55. The number of hydrogen-bond donors (Lipinski definition) is 1. The van der Waals surface area contributed by atoms with Crippen LogP contribution in [0.4, 0.5) is 0 Å². The Balaban J connectivity index is 0.00000144. The summed E-state index contributed by atoms with van der Waals surface area (Å²) in [7, 11) is 0. The van der Waals surface area contributed by atoms with Gasteiger partial charge in [0.05, 0.1) is 0 Å². The van der Waals surface area contributed by atoms with Crippen molar-refractivity contribution in [3.05, 3.63) is 42.0 Å². The minimum atomic E-state index is 0. The van der Waals surface area contributed by atoms with Crippen molar-refractivity contribution in [2.24, 2.45) is 0 Å². The first-order valence-corrected chi connectivity index (χ1v) is 5.59. The fraction of sp³-hybridized carbons (Fsp3) is 0.308. The molecule has 4 heteroatoms. The second-order valence-corrected chi connectivity index (χ2v) is 3.82. The molecule has 0 aromatic heterocycles.